The maximum atomic E-state index is 12.7. The third-order valence-corrected chi connectivity index (χ3v) is 2.98. The Hall–Kier alpha value is -1.26. The van der Waals surface area contributed by atoms with Crippen LogP contribution in [-0.2, 0) is 20.7 Å². The minimum absolute atomic E-state index is 0.0122. The average molecular weight is 268 g/mol. The highest BCUT2D eigenvalue weighted by Crippen LogP contribution is 2.12. The van der Waals surface area contributed by atoms with Crippen LogP contribution in [0.15, 0.2) is 24.3 Å². The summed E-state index contributed by atoms with van der Waals surface area (Å²) >= 11 is 0. The van der Waals surface area contributed by atoms with Gasteiger partial charge in [-0.2, -0.15) is 0 Å². The lowest BCUT2D eigenvalue weighted by Crippen LogP contribution is -2.25. The van der Waals surface area contributed by atoms with Crippen LogP contribution in [0.2, 0.25) is 0 Å². The Morgan fingerprint density at radius 2 is 1.89 bits per heavy atom. The lowest BCUT2D eigenvalue weighted by atomic mass is 10.1. The van der Waals surface area contributed by atoms with Crippen molar-refractivity contribution in [2.24, 2.45) is 0 Å². The topological polar surface area (TPSA) is 35.5 Å². The molecule has 0 aliphatic rings. The number of halogens is 1. The second-order valence-electron chi connectivity index (χ2n) is 5.11. The summed E-state index contributed by atoms with van der Waals surface area (Å²) in [6.07, 6.45) is 1.00. The predicted molar refractivity (Wildman–Crippen MR) is 71.6 cm³/mol. The smallest absolute Gasteiger partial charge is 0.162 e. The number of benzene rings is 1. The van der Waals surface area contributed by atoms with Crippen molar-refractivity contribution >= 4 is 5.78 Å². The van der Waals surface area contributed by atoms with Crippen molar-refractivity contribution in [3.05, 3.63) is 35.6 Å². The molecule has 0 aliphatic carbocycles. The minimum atomic E-state index is -0.297. The van der Waals surface area contributed by atoms with Gasteiger partial charge < -0.3 is 9.47 Å². The second kappa shape index (κ2) is 7.36. The molecular weight excluding hydrogens is 247 g/mol. The van der Waals surface area contributed by atoms with E-state index >= 15 is 0 Å². The highest BCUT2D eigenvalue weighted by Gasteiger charge is 2.15. The predicted octanol–water partition coefficient (Wildman–Crippen LogP) is 2.77. The van der Waals surface area contributed by atoms with Crippen LogP contribution < -0.4 is 0 Å². The lowest BCUT2D eigenvalue weighted by molar-refractivity contribution is -0.123. The second-order valence-corrected chi connectivity index (χ2v) is 5.11. The van der Waals surface area contributed by atoms with E-state index in [9.17, 15) is 9.18 Å². The molecule has 3 nitrogen and oxygen atoms in total. The Kier molecular flexibility index (Phi) is 6.12. The molecule has 0 aliphatic heterocycles. The molecule has 4 heteroatoms. The normalized spacial score (nSPS) is 11.6. The van der Waals surface area contributed by atoms with E-state index in [0.717, 1.165) is 12.0 Å². The van der Waals surface area contributed by atoms with E-state index in [4.69, 9.17) is 9.47 Å². The molecule has 0 fully saturated rings. The van der Waals surface area contributed by atoms with Gasteiger partial charge in [0.05, 0.1) is 5.60 Å². The highest BCUT2D eigenvalue weighted by atomic mass is 19.1. The summed E-state index contributed by atoms with van der Waals surface area (Å²) in [4.78, 5) is 11.6. The van der Waals surface area contributed by atoms with Crippen LogP contribution >= 0.6 is 0 Å². The van der Waals surface area contributed by atoms with E-state index in [1.807, 2.05) is 13.8 Å². The van der Waals surface area contributed by atoms with Gasteiger partial charge in [0.1, 0.15) is 12.4 Å². The van der Waals surface area contributed by atoms with Gasteiger partial charge >= 0.3 is 0 Å². The van der Waals surface area contributed by atoms with E-state index in [0.29, 0.717) is 6.61 Å². The first-order valence-electron chi connectivity index (χ1n) is 6.32. The lowest BCUT2D eigenvalue weighted by Gasteiger charge is -2.22. The zero-order valence-electron chi connectivity index (χ0n) is 11.7. The average Bonchev–Trinajstić information content (AvgIpc) is 2.38. The molecule has 0 saturated heterocycles. The quantitative estimate of drug-likeness (QED) is 0.680. The number of methoxy groups -OCH3 is 1. The summed E-state index contributed by atoms with van der Waals surface area (Å²) < 4.78 is 23.3. The molecule has 1 aromatic carbocycles. The van der Waals surface area contributed by atoms with Crippen molar-refractivity contribution in [2.75, 3.05) is 20.3 Å². The molecule has 0 amide bonds. The standard InChI is InChI=1S/C15H21FO3/c1-15(2,18-3)8-9-19-11-14(17)10-12-4-6-13(16)7-5-12/h4-7H,8-11H2,1-3H3. The van der Waals surface area contributed by atoms with Gasteiger partial charge in [-0.1, -0.05) is 12.1 Å². The number of ether oxygens (including phenoxy) is 2. The van der Waals surface area contributed by atoms with Crippen molar-refractivity contribution < 1.29 is 18.7 Å². The number of carbonyl (C=O) groups excluding carboxylic acids is 1. The SMILES string of the molecule is COC(C)(C)CCOCC(=O)Cc1ccc(F)cc1. The third-order valence-electron chi connectivity index (χ3n) is 2.98. The first kappa shape index (κ1) is 15.8. The number of hydrogen-bond acceptors (Lipinski definition) is 3. The molecule has 1 rings (SSSR count). The number of ketones is 1. The molecule has 0 unspecified atom stereocenters. The van der Waals surface area contributed by atoms with Crippen LogP contribution in [0.25, 0.3) is 0 Å². The molecule has 0 radical (unpaired) electrons. The van der Waals surface area contributed by atoms with Crippen LogP contribution in [0.3, 0.4) is 0 Å². The van der Waals surface area contributed by atoms with Crippen LogP contribution in [0.5, 0.6) is 0 Å². The van der Waals surface area contributed by atoms with Gasteiger partial charge in [0.15, 0.2) is 5.78 Å². The zero-order valence-corrected chi connectivity index (χ0v) is 11.7. The van der Waals surface area contributed by atoms with Crippen molar-refractivity contribution in [3.8, 4) is 0 Å². The maximum Gasteiger partial charge on any atom is 0.162 e. The number of Topliss-reactive ketones (excluding diaryl/α,β-unsaturated/α-hetero) is 1. The minimum Gasteiger partial charge on any atom is -0.379 e. The van der Waals surface area contributed by atoms with Gasteiger partial charge in [-0.05, 0) is 38.0 Å². The maximum absolute atomic E-state index is 12.7. The molecule has 0 saturated carbocycles. The first-order chi connectivity index (χ1) is 8.93. The van der Waals surface area contributed by atoms with Crippen LogP contribution in [0.4, 0.5) is 4.39 Å². The van der Waals surface area contributed by atoms with Crippen LogP contribution in [-0.4, -0.2) is 31.7 Å². The molecule has 0 bridgehead atoms. The number of rotatable bonds is 8. The van der Waals surface area contributed by atoms with Crippen molar-refractivity contribution in [2.45, 2.75) is 32.3 Å². The van der Waals surface area contributed by atoms with Crippen molar-refractivity contribution in [1.82, 2.24) is 0 Å². The van der Waals surface area contributed by atoms with Crippen LogP contribution in [0, 0.1) is 5.82 Å². The molecule has 106 valence electrons. The molecule has 0 spiro atoms. The molecule has 0 aromatic heterocycles. The molecule has 0 heterocycles. The van der Waals surface area contributed by atoms with Gasteiger partial charge in [-0.3, -0.25) is 4.79 Å². The zero-order chi connectivity index (χ0) is 14.3. The van der Waals surface area contributed by atoms with E-state index < -0.39 is 0 Å². The molecule has 19 heavy (non-hydrogen) atoms. The Morgan fingerprint density at radius 3 is 2.47 bits per heavy atom. The summed E-state index contributed by atoms with van der Waals surface area (Å²) in [5.74, 6) is -0.309. The first-order valence-corrected chi connectivity index (χ1v) is 6.32. The van der Waals surface area contributed by atoms with Gasteiger partial charge in [0.25, 0.3) is 0 Å². The molecular formula is C15H21FO3. The highest BCUT2D eigenvalue weighted by molar-refractivity contribution is 5.82. The van der Waals surface area contributed by atoms with Crippen LogP contribution in [0.1, 0.15) is 25.8 Å². The van der Waals surface area contributed by atoms with Gasteiger partial charge in [0.2, 0.25) is 0 Å². The fourth-order valence-electron chi connectivity index (χ4n) is 1.49. The molecule has 1 aromatic rings. The summed E-state index contributed by atoms with van der Waals surface area (Å²) in [6.45, 7) is 4.50. The van der Waals surface area contributed by atoms with Gasteiger partial charge in [-0.15, -0.1) is 0 Å². The van der Waals surface area contributed by atoms with Crippen molar-refractivity contribution in [1.29, 1.82) is 0 Å². The fourth-order valence-corrected chi connectivity index (χ4v) is 1.49. The summed E-state index contributed by atoms with van der Waals surface area (Å²) in [5.41, 5.74) is 0.562. The van der Waals surface area contributed by atoms with E-state index in [-0.39, 0.29) is 30.2 Å². The summed E-state index contributed by atoms with van der Waals surface area (Å²) in [7, 11) is 1.65. The largest absolute Gasteiger partial charge is 0.379 e. The van der Waals surface area contributed by atoms with Crippen molar-refractivity contribution in [3.63, 3.8) is 0 Å². The summed E-state index contributed by atoms with van der Waals surface area (Å²) in [6, 6.07) is 5.93. The van der Waals surface area contributed by atoms with Gasteiger partial charge in [-0.25, -0.2) is 4.39 Å². The molecule has 0 N–H and O–H groups in total. The van der Waals surface area contributed by atoms with E-state index in [1.165, 1.54) is 12.1 Å². The monoisotopic (exact) mass is 268 g/mol. The molecule has 0 atom stereocenters. The Bertz CT molecular complexity index is 398. The Labute approximate surface area is 113 Å². The Morgan fingerprint density at radius 1 is 1.26 bits per heavy atom. The fraction of sp³-hybridized carbons (Fsp3) is 0.533. The van der Waals surface area contributed by atoms with E-state index in [1.54, 1.807) is 19.2 Å². The number of hydrogen-bond donors (Lipinski definition) is 0. The van der Waals surface area contributed by atoms with Gasteiger partial charge in [0, 0.05) is 20.1 Å². The van der Waals surface area contributed by atoms with E-state index in [2.05, 4.69) is 0 Å². The number of carbonyl (C=O) groups is 1. The summed E-state index contributed by atoms with van der Waals surface area (Å²) in [5, 5.41) is 0. The Balaban J connectivity index is 2.23. The third kappa shape index (κ3) is 6.45.